The number of carbonyl (C=O) groups is 1. The predicted octanol–water partition coefficient (Wildman–Crippen LogP) is 3.91. The van der Waals surface area contributed by atoms with Gasteiger partial charge in [-0.1, -0.05) is 45.0 Å². The highest BCUT2D eigenvalue weighted by molar-refractivity contribution is 5.80. The molecule has 0 bridgehead atoms. The lowest BCUT2D eigenvalue weighted by molar-refractivity contribution is -0.157. The molecule has 0 spiro atoms. The molecule has 0 aliphatic rings. The van der Waals surface area contributed by atoms with Gasteiger partial charge in [0.05, 0.1) is 13.7 Å². The lowest BCUT2D eigenvalue weighted by atomic mass is 9.87. The first kappa shape index (κ1) is 21.8. The number of aliphatic hydroxyl groups excluding tert-OH is 1. The minimum absolute atomic E-state index is 0.0377. The van der Waals surface area contributed by atoms with Gasteiger partial charge in [-0.05, 0) is 47.7 Å². The number of carbonyl (C=O) groups excluding carboxylic acids is 1. The van der Waals surface area contributed by atoms with E-state index in [0.717, 1.165) is 5.56 Å². The van der Waals surface area contributed by atoms with Crippen LogP contribution < -0.4 is 9.47 Å². The fraction of sp³-hybridized carbons (Fsp3) is 0.435. The van der Waals surface area contributed by atoms with Crippen LogP contribution in [0.25, 0.3) is 0 Å². The number of aliphatic hydroxyl groups is 1. The van der Waals surface area contributed by atoms with E-state index in [1.165, 1.54) is 12.7 Å². The van der Waals surface area contributed by atoms with Gasteiger partial charge < -0.3 is 19.3 Å². The van der Waals surface area contributed by atoms with E-state index in [-0.39, 0.29) is 18.6 Å². The molecule has 2 rings (SSSR count). The van der Waals surface area contributed by atoms with E-state index in [2.05, 4.69) is 20.8 Å². The van der Waals surface area contributed by atoms with Crippen molar-refractivity contribution in [2.75, 3.05) is 20.3 Å². The Bertz CT molecular complexity index is 759. The third-order valence-electron chi connectivity index (χ3n) is 4.51. The average molecular weight is 386 g/mol. The van der Waals surface area contributed by atoms with Crippen LogP contribution in [0.3, 0.4) is 0 Å². The molecule has 5 nitrogen and oxygen atoms in total. The van der Waals surface area contributed by atoms with Gasteiger partial charge in [0.15, 0.2) is 0 Å². The zero-order chi connectivity index (χ0) is 20.8. The summed E-state index contributed by atoms with van der Waals surface area (Å²) in [7, 11) is 1.36. The summed E-state index contributed by atoms with van der Waals surface area (Å²) in [4.78, 5) is 12.5. The van der Waals surface area contributed by atoms with E-state index in [1.807, 2.05) is 36.4 Å². The van der Waals surface area contributed by atoms with Crippen LogP contribution in [0.15, 0.2) is 48.5 Å². The van der Waals surface area contributed by atoms with Crippen molar-refractivity contribution < 1.29 is 24.1 Å². The maximum Gasteiger partial charge on any atom is 0.350 e. The van der Waals surface area contributed by atoms with Gasteiger partial charge in [-0.15, -0.1) is 0 Å². The Balaban J connectivity index is 2.18. The number of hydrogen-bond donors (Lipinski definition) is 1. The molecule has 28 heavy (non-hydrogen) atoms. The summed E-state index contributed by atoms with van der Waals surface area (Å²) in [6.07, 6.45) is 0.348. The van der Waals surface area contributed by atoms with Crippen molar-refractivity contribution in [2.24, 2.45) is 0 Å². The van der Waals surface area contributed by atoms with Crippen LogP contribution in [0.2, 0.25) is 0 Å². The quantitative estimate of drug-likeness (QED) is 0.697. The lowest BCUT2D eigenvalue weighted by Gasteiger charge is -2.28. The van der Waals surface area contributed by atoms with Crippen LogP contribution in [0.5, 0.6) is 11.5 Å². The first-order valence-electron chi connectivity index (χ1n) is 9.38. The maximum absolute atomic E-state index is 12.5. The smallest absolute Gasteiger partial charge is 0.350 e. The second-order valence-electron chi connectivity index (χ2n) is 7.99. The fourth-order valence-corrected chi connectivity index (χ4v) is 2.91. The third kappa shape index (κ3) is 5.73. The van der Waals surface area contributed by atoms with Gasteiger partial charge in [0, 0.05) is 6.42 Å². The Morgan fingerprint density at radius 1 is 0.929 bits per heavy atom. The molecule has 1 atom stereocenters. The average Bonchev–Trinajstić information content (AvgIpc) is 2.66. The van der Waals surface area contributed by atoms with Gasteiger partial charge in [-0.2, -0.15) is 0 Å². The number of ether oxygens (including phenoxy) is 3. The molecule has 0 fully saturated rings. The Morgan fingerprint density at radius 2 is 1.50 bits per heavy atom. The second kappa shape index (κ2) is 9.11. The normalized spacial score (nSPS) is 13.5. The van der Waals surface area contributed by atoms with Gasteiger partial charge in [0.2, 0.25) is 5.60 Å². The molecule has 0 saturated carbocycles. The Hall–Kier alpha value is -2.53. The van der Waals surface area contributed by atoms with Gasteiger partial charge in [-0.3, -0.25) is 0 Å². The molecule has 0 amide bonds. The molecule has 0 saturated heterocycles. The summed E-state index contributed by atoms with van der Waals surface area (Å²) in [5, 5.41) is 8.83. The van der Waals surface area contributed by atoms with Gasteiger partial charge in [0.1, 0.15) is 18.1 Å². The van der Waals surface area contributed by atoms with Gasteiger partial charge in [-0.25, -0.2) is 4.79 Å². The van der Waals surface area contributed by atoms with Crippen LogP contribution in [0.4, 0.5) is 0 Å². The first-order valence-corrected chi connectivity index (χ1v) is 9.38. The summed E-state index contributed by atoms with van der Waals surface area (Å²) >= 11 is 0. The molecule has 152 valence electrons. The first-order chi connectivity index (χ1) is 13.2. The van der Waals surface area contributed by atoms with Crippen molar-refractivity contribution in [2.45, 2.75) is 45.1 Å². The van der Waals surface area contributed by atoms with E-state index in [1.54, 1.807) is 19.1 Å². The number of rotatable bonds is 8. The van der Waals surface area contributed by atoms with E-state index >= 15 is 0 Å². The lowest BCUT2D eigenvalue weighted by Crippen LogP contribution is -2.44. The highest BCUT2D eigenvalue weighted by Crippen LogP contribution is 2.28. The van der Waals surface area contributed by atoms with Crippen LogP contribution in [-0.4, -0.2) is 37.0 Å². The minimum atomic E-state index is -1.16. The van der Waals surface area contributed by atoms with Gasteiger partial charge >= 0.3 is 5.97 Å². The van der Waals surface area contributed by atoms with Gasteiger partial charge in [0.25, 0.3) is 0 Å². The summed E-state index contributed by atoms with van der Waals surface area (Å²) < 4.78 is 16.5. The SMILES string of the molecule is COC(=O)C(C)(Cc1ccc(OCCO)cc1)Oc1ccc(C(C)(C)C)cc1. The molecule has 2 aromatic carbocycles. The van der Waals surface area contributed by atoms with Crippen molar-refractivity contribution in [1.29, 1.82) is 0 Å². The maximum atomic E-state index is 12.5. The molecule has 2 aromatic rings. The molecule has 0 aromatic heterocycles. The Kier molecular flexibility index (Phi) is 7.08. The molecule has 0 heterocycles. The molecule has 1 N–H and O–H groups in total. The summed E-state index contributed by atoms with van der Waals surface area (Å²) in [6.45, 7) is 8.38. The van der Waals surface area contributed by atoms with E-state index in [9.17, 15) is 4.79 Å². The number of esters is 1. The van der Waals surface area contributed by atoms with Crippen molar-refractivity contribution in [1.82, 2.24) is 0 Å². The highest BCUT2D eigenvalue weighted by atomic mass is 16.6. The highest BCUT2D eigenvalue weighted by Gasteiger charge is 2.37. The molecule has 0 aliphatic heterocycles. The molecular weight excluding hydrogens is 356 g/mol. The van der Waals surface area contributed by atoms with Crippen molar-refractivity contribution in [3.05, 3.63) is 59.7 Å². The van der Waals surface area contributed by atoms with Crippen LogP contribution >= 0.6 is 0 Å². The number of benzene rings is 2. The predicted molar refractivity (Wildman–Crippen MR) is 109 cm³/mol. The van der Waals surface area contributed by atoms with Crippen LogP contribution in [0, 0.1) is 0 Å². The summed E-state index contributed by atoms with van der Waals surface area (Å²) in [5.74, 6) is 0.841. The van der Waals surface area contributed by atoms with Crippen molar-refractivity contribution >= 4 is 5.97 Å². The summed E-state index contributed by atoms with van der Waals surface area (Å²) in [6, 6.07) is 15.2. The number of methoxy groups -OCH3 is 1. The third-order valence-corrected chi connectivity index (χ3v) is 4.51. The number of hydrogen-bond acceptors (Lipinski definition) is 5. The Morgan fingerprint density at radius 3 is 2.00 bits per heavy atom. The zero-order valence-corrected chi connectivity index (χ0v) is 17.3. The van der Waals surface area contributed by atoms with Crippen LogP contribution in [-0.2, 0) is 21.4 Å². The minimum Gasteiger partial charge on any atom is -0.491 e. The molecule has 1 unspecified atom stereocenters. The molecule has 0 aliphatic carbocycles. The fourth-order valence-electron chi connectivity index (χ4n) is 2.91. The molecule has 0 radical (unpaired) electrons. The van der Waals surface area contributed by atoms with E-state index < -0.39 is 11.6 Å². The van der Waals surface area contributed by atoms with E-state index in [4.69, 9.17) is 19.3 Å². The van der Waals surface area contributed by atoms with Crippen molar-refractivity contribution in [3.63, 3.8) is 0 Å². The molecular formula is C23H30O5. The largest absolute Gasteiger partial charge is 0.491 e. The molecule has 5 heteroatoms. The second-order valence-corrected chi connectivity index (χ2v) is 7.99. The monoisotopic (exact) mass is 386 g/mol. The van der Waals surface area contributed by atoms with E-state index in [0.29, 0.717) is 17.9 Å². The van der Waals surface area contributed by atoms with Crippen LogP contribution in [0.1, 0.15) is 38.8 Å². The standard InChI is InChI=1S/C23H30O5/c1-22(2,3)18-8-12-20(13-9-18)28-23(4,21(25)26-5)16-17-6-10-19(11-7-17)27-15-14-24/h6-13,24H,14-16H2,1-5H3. The van der Waals surface area contributed by atoms with Crippen molar-refractivity contribution in [3.8, 4) is 11.5 Å². The Labute approximate surface area is 167 Å². The zero-order valence-electron chi connectivity index (χ0n) is 17.3. The topological polar surface area (TPSA) is 65.0 Å². The summed E-state index contributed by atoms with van der Waals surface area (Å²) in [5.41, 5.74) is 0.990.